The molecule has 3 atom stereocenters. The molecule has 2 N–H and O–H groups in total. The van der Waals surface area contributed by atoms with Crippen LogP contribution in [0.4, 0.5) is 0 Å². The van der Waals surface area contributed by atoms with Gasteiger partial charge in [0, 0.05) is 10.9 Å². The molecule has 0 amide bonds. The molecule has 1 heterocycles. The van der Waals surface area contributed by atoms with Crippen LogP contribution < -0.4 is 5.32 Å². The first-order chi connectivity index (χ1) is 8.59. The molecule has 3 unspecified atom stereocenters. The van der Waals surface area contributed by atoms with Crippen LogP contribution >= 0.6 is 11.3 Å². The van der Waals surface area contributed by atoms with Crippen LogP contribution in [0.1, 0.15) is 42.7 Å². The number of rotatable bonds is 5. The van der Waals surface area contributed by atoms with Gasteiger partial charge >= 0.3 is 5.97 Å². The van der Waals surface area contributed by atoms with Gasteiger partial charge in [0.2, 0.25) is 0 Å². The summed E-state index contributed by atoms with van der Waals surface area (Å²) in [5.74, 6) is -0.474. The van der Waals surface area contributed by atoms with E-state index in [1.54, 1.807) is 11.3 Å². The highest BCUT2D eigenvalue weighted by Gasteiger charge is 2.32. The van der Waals surface area contributed by atoms with Crippen LogP contribution in [0.15, 0.2) is 11.4 Å². The van der Waals surface area contributed by atoms with Crippen molar-refractivity contribution in [2.45, 2.75) is 39.2 Å². The van der Waals surface area contributed by atoms with E-state index in [0.29, 0.717) is 12.0 Å². The number of carbonyl (C=O) groups is 1. The second-order valence-corrected chi connectivity index (χ2v) is 6.18. The third kappa shape index (κ3) is 2.93. The molecule has 100 valence electrons. The lowest BCUT2D eigenvalue weighted by atomic mass is 9.96. The lowest BCUT2D eigenvalue weighted by Gasteiger charge is -2.20. The summed E-state index contributed by atoms with van der Waals surface area (Å²) in [6, 6.07) is 2.45. The summed E-state index contributed by atoms with van der Waals surface area (Å²) in [6.07, 6.45) is 2.93. The maximum Gasteiger partial charge on any atom is 0.306 e. The zero-order chi connectivity index (χ0) is 13.1. The van der Waals surface area contributed by atoms with E-state index in [0.717, 1.165) is 25.8 Å². The molecule has 4 heteroatoms. The Morgan fingerprint density at radius 3 is 3.00 bits per heavy atom. The van der Waals surface area contributed by atoms with E-state index in [1.807, 2.05) is 0 Å². The van der Waals surface area contributed by atoms with Gasteiger partial charge in [-0.3, -0.25) is 4.79 Å². The van der Waals surface area contributed by atoms with Crippen LogP contribution in [0.5, 0.6) is 0 Å². The van der Waals surface area contributed by atoms with Crippen molar-refractivity contribution in [2.24, 2.45) is 11.8 Å². The third-order valence-electron chi connectivity index (χ3n) is 3.96. The molecule has 1 aromatic rings. The summed E-state index contributed by atoms with van der Waals surface area (Å²) < 4.78 is 0. The van der Waals surface area contributed by atoms with E-state index in [1.165, 1.54) is 10.4 Å². The van der Waals surface area contributed by atoms with Gasteiger partial charge in [-0.2, -0.15) is 0 Å². The van der Waals surface area contributed by atoms with E-state index in [2.05, 4.69) is 30.6 Å². The average Bonchev–Trinajstić information content (AvgIpc) is 2.94. The second kappa shape index (κ2) is 5.85. The second-order valence-electron chi connectivity index (χ2n) is 5.23. The molecule has 0 aliphatic heterocycles. The van der Waals surface area contributed by atoms with E-state index in [4.69, 9.17) is 5.11 Å². The predicted molar refractivity (Wildman–Crippen MR) is 73.9 cm³/mol. The van der Waals surface area contributed by atoms with Crippen molar-refractivity contribution in [1.29, 1.82) is 0 Å². The summed E-state index contributed by atoms with van der Waals surface area (Å²) in [5.41, 5.74) is 1.32. The summed E-state index contributed by atoms with van der Waals surface area (Å²) in [4.78, 5) is 12.5. The Labute approximate surface area is 112 Å². The van der Waals surface area contributed by atoms with E-state index in [9.17, 15) is 4.79 Å². The zero-order valence-corrected chi connectivity index (χ0v) is 11.8. The van der Waals surface area contributed by atoms with Crippen molar-refractivity contribution in [3.63, 3.8) is 0 Å². The smallest absolute Gasteiger partial charge is 0.306 e. The number of carboxylic acids is 1. The largest absolute Gasteiger partial charge is 0.481 e. The van der Waals surface area contributed by atoms with Gasteiger partial charge in [-0.25, -0.2) is 0 Å². The zero-order valence-electron chi connectivity index (χ0n) is 11.0. The number of aryl methyl sites for hydroxylation is 1. The summed E-state index contributed by atoms with van der Waals surface area (Å²) in [7, 11) is 0. The molecule has 1 aromatic heterocycles. The molecule has 3 nitrogen and oxygen atoms in total. The first-order valence-corrected chi connectivity index (χ1v) is 7.47. The van der Waals surface area contributed by atoms with Crippen molar-refractivity contribution < 1.29 is 9.90 Å². The molecule has 1 aliphatic rings. The van der Waals surface area contributed by atoms with Crippen molar-refractivity contribution in [1.82, 2.24) is 5.32 Å². The number of carboxylic acid groups (broad SMARTS) is 1. The average molecular weight is 267 g/mol. The lowest BCUT2D eigenvalue weighted by Crippen LogP contribution is -2.30. The monoisotopic (exact) mass is 267 g/mol. The summed E-state index contributed by atoms with van der Waals surface area (Å²) >= 11 is 1.77. The summed E-state index contributed by atoms with van der Waals surface area (Å²) in [5, 5.41) is 14.8. The number of hydrogen-bond acceptors (Lipinski definition) is 3. The molecular weight excluding hydrogens is 246 g/mol. The van der Waals surface area contributed by atoms with Crippen LogP contribution in [0.2, 0.25) is 0 Å². The van der Waals surface area contributed by atoms with Gasteiger partial charge < -0.3 is 10.4 Å². The van der Waals surface area contributed by atoms with Crippen molar-refractivity contribution in [3.05, 3.63) is 21.9 Å². The van der Waals surface area contributed by atoms with Crippen LogP contribution in [0.3, 0.4) is 0 Å². The van der Waals surface area contributed by atoms with Crippen molar-refractivity contribution in [2.75, 3.05) is 6.54 Å². The van der Waals surface area contributed by atoms with Gasteiger partial charge in [0.15, 0.2) is 0 Å². The number of hydrogen-bond donors (Lipinski definition) is 2. The van der Waals surface area contributed by atoms with Crippen LogP contribution in [0.25, 0.3) is 0 Å². The van der Waals surface area contributed by atoms with Gasteiger partial charge in [-0.05, 0) is 56.2 Å². The standard InChI is InChI=1S/C14H21NO2S/c1-9-6-7-18-13(9)10(2)15-8-11-4-3-5-12(11)14(16)17/h6-7,10-12,15H,3-5,8H2,1-2H3,(H,16,17). The Morgan fingerprint density at radius 1 is 1.61 bits per heavy atom. The molecule has 1 saturated carbocycles. The molecule has 0 aromatic carbocycles. The normalized spacial score (nSPS) is 25.2. The predicted octanol–water partition coefficient (Wildman–Crippen LogP) is 3.21. The fraction of sp³-hybridized carbons (Fsp3) is 0.643. The lowest BCUT2D eigenvalue weighted by molar-refractivity contribution is -0.142. The SMILES string of the molecule is Cc1ccsc1C(C)NCC1CCCC1C(=O)O. The molecular formula is C14H21NO2S. The van der Waals surface area contributed by atoms with Gasteiger partial charge in [-0.1, -0.05) is 6.42 Å². The van der Waals surface area contributed by atoms with Gasteiger partial charge in [0.05, 0.1) is 5.92 Å². The first-order valence-electron chi connectivity index (χ1n) is 6.59. The fourth-order valence-corrected chi connectivity index (χ4v) is 3.82. The Bertz CT molecular complexity index is 416. The number of thiophene rings is 1. The maximum absolute atomic E-state index is 11.1. The molecule has 2 rings (SSSR count). The van der Waals surface area contributed by atoms with E-state index in [-0.39, 0.29) is 5.92 Å². The highest BCUT2D eigenvalue weighted by Crippen LogP contribution is 2.32. The fourth-order valence-electron chi connectivity index (χ4n) is 2.86. The Kier molecular flexibility index (Phi) is 4.40. The highest BCUT2D eigenvalue weighted by molar-refractivity contribution is 7.10. The number of aliphatic carboxylic acids is 1. The van der Waals surface area contributed by atoms with Gasteiger partial charge in [0.25, 0.3) is 0 Å². The van der Waals surface area contributed by atoms with E-state index < -0.39 is 5.97 Å². The van der Waals surface area contributed by atoms with Crippen LogP contribution in [0, 0.1) is 18.8 Å². The molecule has 0 bridgehead atoms. The molecule has 1 fully saturated rings. The van der Waals surface area contributed by atoms with Gasteiger partial charge in [-0.15, -0.1) is 11.3 Å². The maximum atomic E-state index is 11.1. The minimum atomic E-state index is -0.626. The van der Waals surface area contributed by atoms with Crippen molar-refractivity contribution >= 4 is 17.3 Å². The highest BCUT2D eigenvalue weighted by atomic mass is 32.1. The van der Waals surface area contributed by atoms with Crippen LogP contribution in [-0.2, 0) is 4.79 Å². The Hall–Kier alpha value is -0.870. The molecule has 1 aliphatic carbocycles. The first kappa shape index (κ1) is 13.6. The minimum absolute atomic E-state index is 0.144. The van der Waals surface area contributed by atoms with E-state index >= 15 is 0 Å². The minimum Gasteiger partial charge on any atom is -0.481 e. The number of nitrogens with one attached hydrogen (secondary N) is 1. The van der Waals surface area contributed by atoms with Crippen LogP contribution in [-0.4, -0.2) is 17.6 Å². The molecule has 0 spiro atoms. The topological polar surface area (TPSA) is 49.3 Å². The Morgan fingerprint density at radius 2 is 2.39 bits per heavy atom. The molecule has 18 heavy (non-hydrogen) atoms. The Balaban J connectivity index is 1.88. The summed E-state index contributed by atoms with van der Waals surface area (Å²) in [6.45, 7) is 5.10. The molecule has 0 radical (unpaired) electrons. The van der Waals surface area contributed by atoms with Gasteiger partial charge in [0.1, 0.15) is 0 Å². The van der Waals surface area contributed by atoms with Crippen molar-refractivity contribution in [3.8, 4) is 0 Å². The molecule has 0 saturated heterocycles. The third-order valence-corrected chi connectivity index (χ3v) is 5.16. The quantitative estimate of drug-likeness (QED) is 0.861.